The van der Waals surface area contributed by atoms with Gasteiger partial charge in [0.15, 0.2) is 0 Å². The van der Waals surface area contributed by atoms with Gasteiger partial charge in [0.05, 0.1) is 30.8 Å². The monoisotopic (exact) mass is 542 g/mol. The summed E-state index contributed by atoms with van der Waals surface area (Å²) in [6, 6.07) is 21.4. The van der Waals surface area contributed by atoms with E-state index < -0.39 is 10.0 Å². The van der Waals surface area contributed by atoms with Gasteiger partial charge < -0.3 is 9.84 Å². The lowest BCUT2D eigenvalue weighted by atomic mass is 10.1. The Morgan fingerprint density at radius 2 is 1.68 bits per heavy atom. The van der Waals surface area contributed by atoms with Gasteiger partial charge in [-0.25, -0.2) is 8.42 Å². The Balaban J connectivity index is 1.89. The van der Waals surface area contributed by atoms with Crippen molar-refractivity contribution in [3.8, 4) is 5.75 Å². The molecule has 0 unspecified atom stereocenters. The van der Waals surface area contributed by atoms with Gasteiger partial charge in [0.1, 0.15) is 5.75 Å². The zero-order chi connectivity index (χ0) is 26.8. The summed E-state index contributed by atoms with van der Waals surface area (Å²) in [6.45, 7) is 6.06. The molecule has 0 fully saturated rings. The summed E-state index contributed by atoms with van der Waals surface area (Å²) in [7, 11) is -2.37. The van der Waals surface area contributed by atoms with Gasteiger partial charge in [0, 0.05) is 24.7 Å². The Hall–Kier alpha value is -2.84. The lowest BCUT2D eigenvalue weighted by molar-refractivity contribution is 0.261. The van der Waals surface area contributed by atoms with Gasteiger partial charge in [-0.2, -0.15) is 0 Å². The first-order valence-electron chi connectivity index (χ1n) is 12.2. The Labute approximate surface area is 225 Å². The standard InChI is InChI=1S/C29H35ClN2O4S/c1-23(2)21-31(18-6-7-24-10-12-26(30)13-11-24)22-25-8-4-5-9-29(25)32(19-20-33)37(34,35)28-16-14-27(36-3)15-17-28/h4-17,23,33H,18-22H2,1-3H3/b7-6+. The van der Waals surface area contributed by atoms with E-state index in [-0.39, 0.29) is 18.0 Å². The molecule has 0 bridgehead atoms. The minimum Gasteiger partial charge on any atom is -0.497 e. The minimum absolute atomic E-state index is 0.0496. The average molecular weight is 543 g/mol. The fourth-order valence-electron chi connectivity index (χ4n) is 4.10. The summed E-state index contributed by atoms with van der Waals surface area (Å²) in [5.41, 5.74) is 2.49. The number of halogens is 1. The van der Waals surface area contributed by atoms with Crippen molar-refractivity contribution in [1.82, 2.24) is 4.90 Å². The normalized spacial score (nSPS) is 12.0. The van der Waals surface area contributed by atoms with Crippen LogP contribution in [0.4, 0.5) is 5.69 Å². The third kappa shape index (κ3) is 8.07. The number of hydrogen-bond acceptors (Lipinski definition) is 5. The lowest BCUT2D eigenvalue weighted by Crippen LogP contribution is -2.35. The summed E-state index contributed by atoms with van der Waals surface area (Å²) >= 11 is 5.99. The largest absolute Gasteiger partial charge is 0.497 e. The Morgan fingerprint density at radius 1 is 1.00 bits per heavy atom. The molecule has 3 aromatic carbocycles. The zero-order valence-electron chi connectivity index (χ0n) is 21.5. The predicted molar refractivity (Wildman–Crippen MR) is 152 cm³/mol. The molecule has 198 valence electrons. The molecule has 0 heterocycles. The predicted octanol–water partition coefficient (Wildman–Crippen LogP) is 5.71. The van der Waals surface area contributed by atoms with Crippen molar-refractivity contribution in [2.75, 3.05) is 37.7 Å². The van der Waals surface area contributed by atoms with Crippen molar-refractivity contribution in [1.29, 1.82) is 0 Å². The van der Waals surface area contributed by atoms with Crippen molar-refractivity contribution in [3.05, 3.63) is 95.0 Å². The van der Waals surface area contributed by atoms with Crippen LogP contribution in [0.5, 0.6) is 5.75 Å². The molecule has 3 aromatic rings. The highest BCUT2D eigenvalue weighted by Crippen LogP contribution is 2.29. The van der Waals surface area contributed by atoms with E-state index in [1.54, 1.807) is 18.2 Å². The molecule has 0 radical (unpaired) electrons. The molecule has 3 rings (SSSR count). The molecule has 0 aliphatic rings. The maximum absolute atomic E-state index is 13.6. The van der Waals surface area contributed by atoms with Crippen molar-refractivity contribution < 1.29 is 18.3 Å². The van der Waals surface area contributed by atoms with Gasteiger partial charge in [-0.15, -0.1) is 0 Å². The summed E-state index contributed by atoms with van der Waals surface area (Å²) in [5, 5.41) is 10.5. The summed E-state index contributed by atoms with van der Waals surface area (Å²) in [4.78, 5) is 2.43. The van der Waals surface area contributed by atoms with Gasteiger partial charge in [0.2, 0.25) is 0 Å². The van der Waals surface area contributed by atoms with Crippen molar-refractivity contribution in [2.24, 2.45) is 5.92 Å². The molecular weight excluding hydrogens is 508 g/mol. The quantitative estimate of drug-likeness (QED) is 0.300. The third-order valence-electron chi connectivity index (χ3n) is 5.77. The fraction of sp³-hybridized carbons (Fsp3) is 0.310. The highest BCUT2D eigenvalue weighted by molar-refractivity contribution is 7.92. The second-order valence-electron chi connectivity index (χ2n) is 9.15. The van der Waals surface area contributed by atoms with E-state index in [1.807, 2.05) is 42.5 Å². The molecule has 0 saturated carbocycles. The first kappa shape index (κ1) is 28.7. The Kier molecular flexibility index (Phi) is 10.6. The van der Waals surface area contributed by atoms with Crippen LogP contribution in [-0.2, 0) is 16.6 Å². The van der Waals surface area contributed by atoms with E-state index in [1.165, 1.54) is 23.5 Å². The molecule has 6 nitrogen and oxygen atoms in total. The SMILES string of the molecule is COc1ccc(S(=O)(=O)N(CCO)c2ccccc2CN(C/C=C/c2ccc(Cl)cc2)CC(C)C)cc1. The van der Waals surface area contributed by atoms with Crippen molar-refractivity contribution in [2.45, 2.75) is 25.3 Å². The zero-order valence-corrected chi connectivity index (χ0v) is 23.1. The molecule has 0 aliphatic carbocycles. The van der Waals surface area contributed by atoms with Crippen LogP contribution in [0.25, 0.3) is 6.08 Å². The summed E-state index contributed by atoms with van der Waals surface area (Å²) in [6.07, 6.45) is 4.16. The van der Waals surface area contributed by atoms with Crippen LogP contribution in [0.2, 0.25) is 5.02 Å². The molecule has 0 saturated heterocycles. The highest BCUT2D eigenvalue weighted by Gasteiger charge is 2.27. The van der Waals surface area contributed by atoms with Crippen LogP contribution in [0.15, 0.2) is 83.8 Å². The third-order valence-corrected chi connectivity index (χ3v) is 7.85. The van der Waals surface area contributed by atoms with E-state index >= 15 is 0 Å². The molecule has 0 amide bonds. The number of aliphatic hydroxyl groups is 1. The van der Waals surface area contributed by atoms with E-state index in [9.17, 15) is 13.5 Å². The van der Waals surface area contributed by atoms with Gasteiger partial charge in [0.25, 0.3) is 10.0 Å². The van der Waals surface area contributed by atoms with Gasteiger partial charge >= 0.3 is 0 Å². The molecule has 0 aliphatic heterocycles. The van der Waals surface area contributed by atoms with Gasteiger partial charge in [-0.05, 0) is 59.5 Å². The molecular formula is C29H35ClN2O4S. The summed E-state index contributed by atoms with van der Waals surface area (Å²) in [5.74, 6) is 0.997. The Bertz CT molecular complexity index is 1260. The maximum atomic E-state index is 13.6. The number of para-hydroxylation sites is 1. The van der Waals surface area contributed by atoms with E-state index in [4.69, 9.17) is 16.3 Å². The molecule has 0 spiro atoms. The molecule has 37 heavy (non-hydrogen) atoms. The first-order chi connectivity index (χ1) is 17.7. The average Bonchev–Trinajstić information content (AvgIpc) is 2.88. The number of anilines is 1. The number of methoxy groups -OCH3 is 1. The van der Waals surface area contributed by atoms with Gasteiger partial charge in [-0.1, -0.05) is 67.9 Å². The number of rotatable bonds is 13. The van der Waals surface area contributed by atoms with Crippen molar-refractivity contribution in [3.63, 3.8) is 0 Å². The van der Waals surface area contributed by atoms with Gasteiger partial charge in [-0.3, -0.25) is 9.21 Å². The van der Waals surface area contributed by atoms with E-state index in [0.29, 0.717) is 35.5 Å². The van der Waals surface area contributed by atoms with Crippen LogP contribution in [0, 0.1) is 5.92 Å². The van der Waals surface area contributed by atoms with Crippen LogP contribution >= 0.6 is 11.6 Å². The minimum atomic E-state index is -3.90. The van der Waals surface area contributed by atoms with Crippen LogP contribution < -0.4 is 9.04 Å². The first-order valence-corrected chi connectivity index (χ1v) is 14.1. The number of sulfonamides is 1. The number of nitrogens with zero attached hydrogens (tertiary/aromatic N) is 2. The molecule has 0 atom stereocenters. The van der Waals surface area contributed by atoms with E-state index in [0.717, 1.165) is 17.7 Å². The fourth-order valence-corrected chi connectivity index (χ4v) is 5.72. The number of aliphatic hydroxyl groups excluding tert-OH is 1. The van der Waals surface area contributed by atoms with Crippen LogP contribution in [0.1, 0.15) is 25.0 Å². The highest BCUT2D eigenvalue weighted by atomic mass is 35.5. The smallest absolute Gasteiger partial charge is 0.264 e. The number of hydrogen-bond donors (Lipinski definition) is 1. The van der Waals surface area contributed by atoms with Crippen molar-refractivity contribution >= 4 is 33.4 Å². The van der Waals surface area contributed by atoms with Crippen LogP contribution in [-0.4, -0.2) is 51.8 Å². The summed E-state index contributed by atoms with van der Waals surface area (Å²) < 4.78 is 33.7. The van der Waals surface area contributed by atoms with E-state index in [2.05, 4.69) is 30.9 Å². The lowest BCUT2D eigenvalue weighted by Gasteiger charge is -2.29. The maximum Gasteiger partial charge on any atom is 0.264 e. The topological polar surface area (TPSA) is 70.1 Å². The Morgan fingerprint density at radius 3 is 2.30 bits per heavy atom. The number of ether oxygens (including phenoxy) is 1. The second-order valence-corrected chi connectivity index (χ2v) is 11.4. The molecule has 8 heteroatoms. The van der Waals surface area contributed by atoms with Crippen LogP contribution in [0.3, 0.4) is 0 Å². The molecule has 0 aromatic heterocycles. The molecule has 1 N–H and O–H groups in total. The second kappa shape index (κ2) is 13.6. The number of benzene rings is 3.